The fraction of sp³-hybridized carbons (Fsp3) is 0.0714. The van der Waals surface area contributed by atoms with Gasteiger partial charge in [-0.2, -0.15) is 0 Å². The lowest BCUT2D eigenvalue weighted by molar-refractivity contribution is 0.286. The Hall–Kier alpha value is -1.66. The van der Waals surface area contributed by atoms with Gasteiger partial charge in [0.1, 0.15) is 6.61 Å². The maximum absolute atomic E-state index is 13.6. The first-order valence-corrected chi connectivity index (χ1v) is 7.46. The van der Waals surface area contributed by atoms with Gasteiger partial charge in [-0.25, -0.2) is 9.37 Å². The highest BCUT2D eigenvalue weighted by molar-refractivity contribution is 9.10. The minimum Gasteiger partial charge on any atom is -0.484 e. The predicted octanol–water partition coefficient (Wildman–Crippen LogP) is 4.88. The molecule has 0 N–H and O–H groups in total. The van der Waals surface area contributed by atoms with Crippen LogP contribution in [0.5, 0.6) is 5.75 Å². The SMILES string of the molecule is Fc1cc(Br)ccc1OCc1csc(-c2ccco2)n1. The first-order valence-electron chi connectivity index (χ1n) is 5.78. The van der Waals surface area contributed by atoms with E-state index in [-0.39, 0.29) is 12.4 Å². The smallest absolute Gasteiger partial charge is 0.166 e. The largest absolute Gasteiger partial charge is 0.484 e. The summed E-state index contributed by atoms with van der Waals surface area (Å²) in [6.45, 7) is 0.218. The second-order valence-electron chi connectivity index (χ2n) is 3.98. The van der Waals surface area contributed by atoms with Gasteiger partial charge in [0, 0.05) is 9.85 Å². The monoisotopic (exact) mass is 353 g/mol. The minimum atomic E-state index is -0.402. The van der Waals surface area contributed by atoms with E-state index in [9.17, 15) is 4.39 Å². The van der Waals surface area contributed by atoms with Crippen LogP contribution in [0.2, 0.25) is 0 Å². The topological polar surface area (TPSA) is 35.3 Å². The van der Waals surface area contributed by atoms with Gasteiger partial charge in [-0.1, -0.05) is 15.9 Å². The van der Waals surface area contributed by atoms with Crippen molar-refractivity contribution in [1.82, 2.24) is 4.98 Å². The van der Waals surface area contributed by atoms with E-state index in [0.29, 0.717) is 4.47 Å². The van der Waals surface area contributed by atoms with Gasteiger partial charge < -0.3 is 9.15 Å². The van der Waals surface area contributed by atoms with Crippen LogP contribution in [0.4, 0.5) is 4.39 Å². The second kappa shape index (κ2) is 5.76. The normalized spacial score (nSPS) is 10.7. The van der Waals surface area contributed by atoms with Crippen LogP contribution in [0, 0.1) is 5.82 Å². The number of aromatic nitrogens is 1. The van der Waals surface area contributed by atoms with Crippen LogP contribution in [0.25, 0.3) is 10.8 Å². The molecule has 3 aromatic rings. The van der Waals surface area contributed by atoms with Gasteiger partial charge in [0.15, 0.2) is 22.3 Å². The summed E-state index contributed by atoms with van der Waals surface area (Å²) in [6, 6.07) is 8.33. The maximum Gasteiger partial charge on any atom is 0.166 e. The van der Waals surface area contributed by atoms with Gasteiger partial charge in [-0.05, 0) is 30.3 Å². The molecular weight excluding hydrogens is 345 g/mol. The Morgan fingerprint density at radius 1 is 1.35 bits per heavy atom. The van der Waals surface area contributed by atoms with Gasteiger partial charge in [0.25, 0.3) is 0 Å². The van der Waals surface area contributed by atoms with Crippen LogP contribution in [0.1, 0.15) is 5.69 Å². The molecule has 2 heterocycles. The summed E-state index contributed by atoms with van der Waals surface area (Å²) in [4.78, 5) is 4.38. The number of furan rings is 1. The minimum absolute atomic E-state index is 0.209. The molecule has 0 amide bonds. The van der Waals surface area contributed by atoms with Gasteiger partial charge in [0.2, 0.25) is 0 Å². The highest BCUT2D eigenvalue weighted by Crippen LogP contribution is 2.26. The lowest BCUT2D eigenvalue weighted by atomic mass is 10.3. The van der Waals surface area contributed by atoms with Crippen LogP contribution >= 0.6 is 27.3 Å². The fourth-order valence-electron chi connectivity index (χ4n) is 1.63. The van der Waals surface area contributed by atoms with Gasteiger partial charge in [-0.3, -0.25) is 0 Å². The molecule has 0 aliphatic heterocycles. The van der Waals surface area contributed by atoms with E-state index in [0.717, 1.165) is 16.5 Å². The molecule has 2 aromatic heterocycles. The quantitative estimate of drug-likeness (QED) is 0.670. The van der Waals surface area contributed by atoms with Crippen molar-refractivity contribution in [3.63, 3.8) is 0 Å². The fourth-order valence-corrected chi connectivity index (χ4v) is 2.73. The molecular formula is C14H9BrFNO2S. The summed E-state index contributed by atoms with van der Waals surface area (Å²) in [7, 11) is 0. The molecule has 0 unspecified atom stereocenters. The summed E-state index contributed by atoms with van der Waals surface area (Å²) in [6.07, 6.45) is 1.60. The number of rotatable bonds is 4. The molecule has 0 aliphatic rings. The van der Waals surface area contributed by atoms with E-state index in [2.05, 4.69) is 20.9 Å². The van der Waals surface area contributed by atoms with Crippen LogP contribution in [-0.4, -0.2) is 4.98 Å². The number of benzene rings is 1. The van der Waals surface area contributed by atoms with Crippen molar-refractivity contribution in [3.05, 3.63) is 58.0 Å². The van der Waals surface area contributed by atoms with Gasteiger partial charge in [-0.15, -0.1) is 11.3 Å². The molecule has 20 heavy (non-hydrogen) atoms. The van der Waals surface area contributed by atoms with Crippen molar-refractivity contribution >= 4 is 27.3 Å². The van der Waals surface area contributed by atoms with Crippen LogP contribution < -0.4 is 4.74 Å². The first kappa shape index (κ1) is 13.3. The lowest BCUT2D eigenvalue weighted by Crippen LogP contribution is -1.97. The Balaban J connectivity index is 1.70. The van der Waals surface area contributed by atoms with E-state index in [1.54, 1.807) is 18.4 Å². The Labute approximate surface area is 127 Å². The third kappa shape index (κ3) is 2.91. The van der Waals surface area contributed by atoms with Crippen molar-refractivity contribution in [3.8, 4) is 16.5 Å². The second-order valence-corrected chi connectivity index (χ2v) is 5.76. The molecule has 0 fully saturated rings. The average Bonchev–Trinajstić information content (AvgIpc) is 3.08. The predicted molar refractivity (Wildman–Crippen MR) is 78.2 cm³/mol. The maximum atomic E-state index is 13.6. The molecule has 0 saturated heterocycles. The number of ether oxygens (including phenoxy) is 1. The molecule has 0 aliphatic carbocycles. The summed E-state index contributed by atoms with van der Waals surface area (Å²) >= 11 is 4.66. The molecule has 0 radical (unpaired) electrons. The molecule has 0 bridgehead atoms. The molecule has 6 heteroatoms. The molecule has 1 aromatic carbocycles. The number of hydrogen-bond donors (Lipinski definition) is 0. The summed E-state index contributed by atoms with van der Waals surface area (Å²) < 4.78 is 25.0. The zero-order valence-electron chi connectivity index (χ0n) is 10.2. The third-order valence-electron chi connectivity index (χ3n) is 2.55. The summed E-state index contributed by atoms with van der Waals surface area (Å²) in [5.74, 6) is 0.526. The van der Waals surface area contributed by atoms with E-state index < -0.39 is 5.82 Å². The number of hydrogen-bond acceptors (Lipinski definition) is 4. The van der Waals surface area contributed by atoms with Crippen molar-refractivity contribution < 1.29 is 13.5 Å². The molecule has 0 atom stereocenters. The van der Waals surface area contributed by atoms with Crippen LogP contribution in [0.15, 0.2) is 50.9 Å². The van der Waals surface area contributed by atoms with Crippen molar-refractivity contribution in [1.29, 1.82) is 0 Å². The zero-order chi connectivity index (χ0) is 13.9. The molecule has 3 nitrogen and oxygen atoms in total. The van der Waals surface area contributed by atoms with E-state index >= 15 is 0 Å². The van der Waals surface area contributed by atoms with Crippen molar-refractivity contribution in [2.75, 3.05) is 0 Å². The van der Waals surface area contributed by atoms with Gasteiger partial charge in [0.05, 0.1) is 12.0 Å². The van der Waals surface area contributed by atoms with Crippen molar-refractivity contribution in [2.45, 2.75) is 6.61 Å². The molecule has 3 rings (SSSR count). The van der Waals surface area contributed by atoms with Crippen LogP contribution in [-0.2, 0) is 6.61 Å². The standard InChI is InChI=1S/C14H9BrFNO2S/c15-9-3-4-12(11(16)6-9)19-7-10-8-20-14(17-10)13-2-1-5-18-13/h1-6,8H,7H2. The Morgan fingerprint density at radius 3 is 3.00 bits per heavy atom. The van der Waals surface area contributed by atoms with E-state index in [1.807, 2.05) is 17.5 Å². The summed E-state index contributed by atoms with van der Waals surface area (Å²) in [5.41, 5.74) is 0.740. The Kier molecular flexibility index (Phi) is 3.84. The zero-order valence-corrected chi connectivity index (χ0v) is 12.6. The number of nitrogens with zero attached hydrogens (tertiary/aromatic N) is 1. The number of thiazole rings is 1. The van der Waals surface area contributed by atoms with Crippen LogP contribution in [0.3, 0.4) is 0 Å². The Morgan fingerprint density at radius 2 is 2.25 bits per heavy atom. The molecule has 0 spiro atoms. The highest BCUT2D eigenvalue weighted by Gasteiger charge is 2.09. The number of halogens is 2. The first-order chi connectivity index (χ1) is 9.72. The molecule has 0 saturated carbocycles. The average molecular weight is 354 g/mol. The molecule has 102 valence electrons. The van der Waals surface area contributed by atoms with E-state index in [1.165, 1.54) is 17.4 Å². The lowest BCUT2D eigenvalue weighted by Gasteiger charge is -2.05. The third-order valence-corrected chi connectivity index (χ3v) is 3.95. The summed E-state index contributed by atoms with van der Waals surface area (Å²) in [5, 5.41) is 2.65. The highest BCUT2D eigenvalue weighted by atomic mass is 79.9. The van der Waals surface area contributed by atoms with E-state index in [4.69, 9.17) is 9.15 Å². The Bertz CT molecular complexity index is 712. The van der Waals surface area contributed by atoms with Gasteiger partial charge >= 0.3 is 0 Å². The van der Waals surface area contributed by atoms with Crippen molar-refractivity contribution in [2.24, 2.45) is 0 Å².